The lowest BCUT2D eigenvalue weighted by molar-refractivity contribution is 0.249. The maximum atomic E-state index is 10.3. The number of primary amides is 1. The molecule has 4 nitrogen and oxygen atoms in total. The molecule has 0 aliphatic carbocycles. The first-order valence-corrected chi connectivity index (χ1v) is 6.51. The summed E-state index contributed by atoms with van der Waals surface area (Å²) in [5.41, 5.74) is 4.93. The maximum absolute atomic E-state index is 10.3. The summed E-state index contributed by atoms with van der Waals surface area (Å²) in [5, 5.41) is 5.82. The van der Waals surface area contributed by atoms with Crippen LogP contribution in [0.1, 0.15) is 51.9 Å². The van der Waals surface area contributed by atoms with Gasteiger partial charge in [0, 0.05) is 13.1 Å². The molecule has 0 aromatic heterocycles. The van der Waals surface area contributed by atoms with Crippen molar-refractivity contribution in [1.29, 1.82) is 0 Å². The van der Waals surface area contributed by atoms with E-state index in [1.165, 1.54) is 44.9 Å². The van der Waals surface area contributed by atoms with E-state index >= 15 is 0 Å². The standard InChI is InChI=1S/C12H27N3O/c1-2-3-4-5-6-7-8-9-14-10-11-15-12(13)16/h14H,2-11H2,1H3,(H3,13,15,16). The van der Waals surface area contributed by atoms with Gasteiger partial charge < -0.3 is 16.4 Å². The van der Waals surface area contributed by atoms with Gasteiger partial charge in [0.05, 0.1) is 0 Å². The highest BCUT2D eigenvalue weighted by Gasteiger charge is 1.92. The molecule has 0 aromatic carbocycles. The molecule has 2 amide bonds. The van der Waals surface area contributed by atoms with Gasteiger partial charge in [-0.25, -0.2) is 4.79 Å². The van der Waals surface area contributed by atoms with E-state index in [2.05, 4.69) is 17.6 Å². The van der Waals surface area contributed by atoms with Gasteiger partial charge in [0.2, 0.25) is 0 Å². The number of urea groups is 1. The Hall–Kier alpha value is -0.770. The second-order valence-electron chi connectivity index (χ2n) is 4.16. The fraction of sp³-hybridized carbons (Fsp3) is 0.917. The minimum absolute atomic E-state index is 0.447. The Bertz CT molecular complexity index is 162. The monoisotopic (exact) mass is 229 g/mol. The Morgan fingerprint density at radius 3 is 2.19 bits per heavy atom. The Labute approximate surface area is 99.4 Å². The number of rotatable bonds is 11. The summed E-state index contributed by atoms with van der Waals surface area (Å²) in [7, 11) is 0. The first-order valence-electron chi connectivity index (χ1n) is 6.51. The minimum Gasteiger partial charge on any atom is -0.352 e. The first kappa shape index (κ1) is 15.2. The molecule has 0 unspecified atom stereocenters. The van der Waals surface area contributed by atoms with Gasteiger partial charge in [0.1, 0.15) is 0 Å². The number of hydrogen-bond donors (Lipinski definition) is 3. The highest BCUT2D eigenvalue weighted by atomic mass is 16.2. The highest BCUT2D eigenvalue weighted by molar-refractivity contribution is 5.71. The van der Waals surface area contributed by atoms with E-state index in [1.807, 2.05) is 0 Å². The van der Waals surface area contributed by atoms with Gasteiger partial charge in [0.15, 0.2) is 0 Å². The third kappa shape index (κ3) is 13.2. The van der Waals surface area contributed by atoms with Gasteiger partial charge in [-0.1, -0.05) is 45.4 Å². The van der Waals surface area contributed by atoms with Gasteiger partial charge in [-0.3, -0.25) is 0 Å². The van der Waals surface area contributed by atoms with Crippen LogP contribution in [0.15, 0.2) is 0 Å². The Morgan fingerprint density at radius 1 is 0.938 bits per heavy atom. The Balaban J connectivity index is 2.90. The van der Waals surface area contributed by atoms with Gasteiger partial charge in [-0.15, -0.1) is 0 Å². The molecule has 0 saturated carbocycles. The zero-order chi connectivity index (χ0) is 12.1. The Morgan fingerprint density at radius 2 is 1.56 bits per heavy atom. The molecular formula is C12H27N3O. The normalized spacial score (nSPS) is 10.3. The lowest BCUT2D eigenvalue weighted by Gasteiger charge is -2.05. The largest absolute Gasteiger partial charge is 0.352 e. The molecule has 0 heterocycles. The van der Waals surface area contributed by atoms with Gasteiger partial charge in [-0.2, -0.15) is 0 Å². The fourth-order valence-corrected chi connectivity index (χ4v) is 1.61. The third-order valence-corrected chi connectivity index (χ3v) is 2.56. The van der Waals surface area contributed by atoms with Crippen LogP contribution in [0, 0.1) is 0 Å². The number of nitrogens with two attached hydrogens (primary N) is 1. The molecule has 4 heteroatoms. The van der Waals surface area contributed by atoms with Crippen LogP contribution in [0.25, 0.3) is 0 Å². The van der Waals surface area contributed by atoms with E-state index in [1.54, 1.807) is 0 Å². The SMILES string of the molecule is CCCCCCCCCNCCNC(N)=O. The van der Waals surface area contributed by atoms with Crippen molar-refractivity contribution in [3.8, 4) is 0 Å². The molecule has 0 saturated heterocycles. The average molecular weight is 229 g/mol. The quantitative estimate of drug-likeness (QED) is 0.474. The smallest absolute Gasteiger partial charge is 0.312 e. The summed E-state index contributed by atoms with van der Waals surface area (Å²) in [4.78, 5) is 10.3. The van der Waals surface area contributed by atoms with Crippen molar-refractivity contribution >= 4 is 6.03 Å². The lowest BCUT2D eigenvalue weighted by atomic mass is 10.1. The van der Waals surface area contributed by atoms with Gasteiger partial charge in [-0.05, 0) is 13.0 Å². The van der Waals surface area contributed by atoms with Crippen LogP contribution in [0.2, 0.25) is 0 Å². The second-order valence-corrected chi connectivity index (χ2v) is 4.16. The van der Waals surface area contributed by atoms with Crippen molar-refractivity contribution < 1.29 is 4.79 Å². The van der Waals surface area contributed by atoms with Crippen LogP contribution in [0.3, 0.4) is 0 Å². The van der Waals surface area contributed by atoms with Crippen molar-refractivity contribution in [2.45, 2.75) is 51.9 Å². The predicted molar refractivity (Wildman–Crippen MR) is 68.4 cm³/mol. The number of carbonyl (C=O) groups is 1. The van der Waals surface area contributed by atoms with Crippen molar-refractivity contribution in [1.82, 2.24) is 10.6 Å². The molecule has 4 N–H and O–H groups in total. The average Bonchev–Trinajstić information content (AvgIpc) is 2.25. The fourth-order valence-electron chi connectivity index (χ4n) is 1.61. The van der Waals surface area contributed by atoms with Crippen LogP contribution in [-0.2, 0) is 0 Å². The molecular weight excluding hydrogens is 202 g/mol. The number of amides is 2. The van der Waals surface area contributed by atoms with Crippen LogP contribution in [0.4, 0.5) is 4.79 Å². The van der Waals surface area contributed by atoms with Crippen molar-refractivity contribution in [3.63, 3.8) is 0 Å². The third-order valence-electron chi connectivity index (χ3n) is 2.56. The van der Waals surface area contributed by atoms with E-state index in [0.717, 1.165) is 13.1 Å². The molecule has 0 aliphatic heterocycles. The Kier molecular flexibility index (Phi) is 11.7. The molecule has 0 bridgehead atoms. The molecule has 16 heavy (non-hydrogen) atoms. The summed E-state index contributed by atoms with van der Waals surface area (Å²) in [5.74, 6) is 0. The van der Waals surface area contributed by atoms with E-state index in [4.69, 9.17) is 5.73 Å². The number of nitrogens with one attached hydrogen (secondary N) is 2. The van der Waals surface area contributed by atoms with E-state index in [0.29, 0.717) is 6.54 Å². The summed E-state index contributed by atoms with van der Waals surface area (Å²) >= 11 is 0. The van der Waals surface area contributed by atoms with E-state index < -0.39 is 6.03 Å². The van der Waals surface area contributed by atoms with Crippen molar-refractivity contribution in [3.05, 3.63) is 0 Å². The summed E-state index contributed by atoms with van der Waals surface area (Å²) in [6, 6.07) is -0.447. The van der Waals surface area contributed by atoms with Crippen LogP contribution in [-0.4, -0.2) is 25.7 Å². The summed E-state index contributed by atoms with van der Waals surface area (Å²) in [6.07, 6.45) is 9.32. The van der Waals surface area contributed by atoms with Crippen LogP contribution >= 0.6 is 0 Å². The zero-order valence-corrected chi connectivity index (χ0v) is 10.6. The van der Waals surface area contributed by atoms with Crippen LogP contribution in [0.5, 0.6) is 0 Å². The number of unbranched alkanes of at least 4 members (excludes halogenated alkanes) is 6. The molecule has 0 aromatic rings. The molecule has 0 rings (SSSR count). The predicted octanol–water partition coefficient (Wildman–Crippen LogP) is 1.99. The summed E-state index contributed by atoms with van der Waals surface area (Å²) < 4.78 is 0. The van der Waals surface area contributed by atoms with Gasteiger partial charge in [0.25, 0.3) is 0 Å². The topological polar surface area (TPSA) is 67.2 Å². The molecule has 96 valence electrons. The highest BCUT2D eigenvalue weighted by Crippen LogP contribution is 2.05. The van der Waals surface area contributed by atoms with Crippen molar-refractivity contribution in [2.75, 3.05) is 19.6 Å². The molecule has 0 fully saturated rings. The van der Waals surface area contributed by atoms with E-state index in [-0.39, 0.29) is 0 Å². The lowest BCUT2D eigenvalue weighted by Crippen LogP contribution is -2.35. The second kappa shape index (κ2) is 12.3. The number of hydrogen-bond acceptors (Lipinski definition) is 2. The van der Waals surface area contributed by atoms with E-state index in [9.17, 15) is 4.79 Å². The minimum atomic E-state index is -0.447. The van der Waals surface area contributed by atoms with Crippen LogP contribution < -0.4 is 16.4 Å². The summed E-state index contributed by atoms with van der Waals surface area (Å²) in [6.45, 7) is 4.70. The molecule has 0 spiro atoms. The molecule has 0 atom stereocenters. The van der Waals surface area contributed by atoms with Gasteiger partial charge >= 0.3 is 6.03 Å². The van der Waals surface area contributed by atoms with Crippen molar-refractivity contribution in [2.24, 2.45) is 5.73 Å². The first-order chi connectivity index (χ1) is 7.77. The zero-order valence-electron chi connectivity index (χ0n) is 10.6. The molecule has 0 radical (unpaired) electrons. The number of carbonyl (C=O) groups excluding carboxylic acids is 1. The maximum Gasteiger partial charge on any atom is 0.312 e. The molecule has 0 aliphatic rings.